The van der Waals surface area contributed by atoms with Crippen molar-refractivity contribution in [3.8, 4) is 5.75 Å². The summed E-state index contributed by atoms with van der Waals surface area (Å²) in [6.07, 6.45) is 0.540. The number of fused-ring (bicyclic) bond motifs is 1. The zero-order valence-electron chi connectivity index (χ0n) is 12.2. The summed E-state index contributed by atoms with van der Waals surface area (Å²) in [4.78, 5) is 11.8. The second kappa shape index (κ2) is 6.34. The maximum absolute atomic E-state index is 11.8. The minimum atomic E-state index is -0.946. The van der Waals surface area contributed by atoms with Crippen LogP contribution in [0.15, 0.2) is 42.5 Å². The summed E-state index contributed by atoms with van der Waals surface area (Å²) in [6.45, 7) is 0.904. The lowest BCUT2D eigenvalue weighted by atomic mass is 10.0. The molecule has 0 unspecified atom stereocenters. The van der Waals surface area contributed by atoms with Crippen LogP contribution in [0, 0.1) is 0 Å². The van der Waals surface area contributed by atoms with Gasteiger partial charge in [-0.2, -0.15) is 0 Å². The smallest absolute Gasteiger partial charge is 0.258 e. The number of benzene rings is 2. The molecule has 0 aromatic heterocycles. The van der Waals surface area contributed by atoms with Gasteiger partial charge in [-0.1, -0.05) is 30.3 Å². The number of aliphatic hydroxyl groups is 1. The van der Waals surface area contributed by atoms with E-state index in [4.69, 9.17) is 9.47 Å². The molecule has 1 atom stereocenters. The molecule has 1 aliphatic heterocycles. The van der Waals surface area contributed by atoms with Crippen molar-refractivity contribution in [1.82, 2.24) is 5.32 Å². The zero-order chi connectivity index (χ0) is 15.4. The van der Waals surface area contributed by atoms with E-state index in [0.29, 0.717) is 18.8 Å². The number of ether oxygens (including phenoxy) is 2. The van der Waals surface area contributed by atoms with Crippen molar-refractivity contribution in [1.29, 1.82) is 0 Å². The molecule has 116 valence electrons. The lowest BCUT2D eigenvalue weighted by Crippen LogP contribution is -2.44. The Morgan fingerprint density at radius 1 is 1.27 bits per heavy atom. The molecule has 0 spiro atoms. The van der Waals surface area contributed by atoms with Crippen LogP contribution in [-0.4, -0.2) is 43.0 Å². The number of rotatable bonds is 5. The summed E-state index contributed by atoms with van der Waals surface area (Å²) < 4.78 is 10.6. The van der Waals surface area contributed by atoms with Gasteiger partial charge in [0, 0.05) is 19.6 Å². The molecule has 1 amide bonds. The molecule has 2 N–H and O–H groups in total. The Kier molecular flexibility index (Phi) is 4.27. The Balaban J connectivity index is 1.51. The Hall–Kier alpha value is -2.11. The molecule has 0 radical (unpaired) electrons. The highest BCUT2D eigenvalue weighted by Gasteiger charge is 2.32. The number of amides is 1. The third kappa shape index (κ3) is 3.55. The fraction of sp³-hybridized carbons (Fsp3) is 0.353. The topological polar surface area (TPSA) is 67.8 Å². The number of hydrogen-bond acceptors (Lipinski definition) is 4. The second-order valence-corrected chi connectivity index (χ2v) is 5.60. The van der Waals surface area contributed by atoms with Crippen molar-refractivity contribution in [2.45, 2.75) is 12.0 Å². The van der Waals surface area contributed by atoms with Gasteiger partial charge in [0.2, 0.25) is 0 Å². The van der Waals surface area contributed by atoms with E-state index in [1.54, 1.807) is 0 Å². The van der Waals surface area contributed by atoms with Gasteiger partial charge in [-0.3, -0.25) is 4.79 Å². The van der Waals surface area contributed by atoms with E-state index in [-0.39, 0.29) is 25.7 Å². The summed E-state index contributed by atoms with van der Waals surface area (Å²) in [5.41, 5.74) is -0.946. The SMILES string of the molecule is O=C(COc1ccc2ccccc2c1)NC[C@@]1(O)CCOC1. The fourth-order valence-electron chi connectivity index (χ4n) is 2.46. The molecule has 2 aromatic rings. The summed E-state index contributed by atoms with van der Waals surface area (Å²) >= 11 is 0. The minimum absolute atomic E-state index is 0.0741. The predicted molar refractivity (Wildman–Crippen MR) is 82.8 cm³/mol. The summed E-state index contributed by atoms with van der Waals surface area (Å²) in [6, 6.07) is 13.7. The predicted octanol–water partition coefficient (Wildman–Crippen LogP) is 1.49. The molecule has 5 heteroatoms. The van der Waals surface area contributed by atoms with Gasteiger partial charge in [0.1, 0.15) is 11.4 Å². The quantitative estimate of drug-likeness (QED) is 0.878. The van der Waals surface area contributed by atoms with Crippen LogP contribution in [-0.2, 0) is 9.53 Å². The van der Waals surface area contributed by atoms with Gasteiger partial charge in [-0.15, -0.1) is 0 Å². The first-order chi connectivity index (χ1) is 10.6. The lowest BCUT2D eigenvalue weighted by Gasteiger charge is -2.20. The van der Waals surface area contributed by atoms with Gasteiger partial charge in [0.25, 0.3) is 5.91 Å². The molecule has 0 saturated carbocycles. The Morgan fingerprint density at radius 2 is 2.09 bits per heavy atom. The number of nitrogens with one attached hydrogen (secondary N) is 1. The molecular formula is C17H19NO4. The molecule has 0 bridgehead atoms. The first kappa shape index (κ1) is 14.8. The van der Waals surface area contributed by atoms with E-state index in [1.807, 2.05) is 42.5 Å². The molecular weight excluding hydrogens is 282 g/mol. The first-order valence-electron chi connectivity index (χ1n) is 7.33. The van der Waals surface area contributed by atoms with Gasteiger partial charge < -0.3 is 19.9 Å². The summed E-state index contributed by atoms with van der Waals surface area (Å²) in [5.74, 6) is 0.394. The van der Waals surface area contributed by atoms with Crippen molar-refractivity contribution >= 4 is 16.7 Å². The van der Waals surface area contributed by atoms with E-state index < -0.39 is 5.60 Å². The largest absolute Gasteiger partial charge is 0.484 e. The van der Waals surface area contributed by atoms with Crippen LogP contribution in [0.25, 0.3) is 10.8 Å². The van der Waals surface area contributed by atoms with Crippen molar-refractivity contribution in [2.75, 3.05) is 26.4 Å². The maximum atomic E-state index is 11.8. The van der Waals surface area contributed by atoms with Crippen molar-refractivity contribution in [3.05, 3.63) is 42.5 Å². The highest BCUT2D eigenvalue weighted by Crippen LogP contribution is 2.20. The van der Waals surface area contributed by atoms with Crippen molar-refractivity contribution in [3.63, 3.8) is 0 Å². The van der Waals surface area contributed by atoms with Crippen LogP contribution in [0.1, 0.15) is 6.42 Å². The van der Waals surface area contributed by atoms with Gasteiger partial charge in [0.15, 0.2) is 6.61 Å². The maximum Gasteiger partial charge on any atom is 0.258 e. The summed E-state index contributed by atoms with van der Waals surface area (Å²) in [5, 5.41) is 14.9. The second-order valence-electron chi connectivity index (χ2n) is 5.60. The van der Waals surface area contributed by atoms with E-state index in [0.717, 1.165) is 10.8 Å². The number of carbonyl (C=O) groups is 1. The van der Waals surface area contributed by atoms with E-state index in [1.165, 1.54) is 0 Å². The van der Waals surface area contributed by atoms with Crippen LogP contribution in [0.5, 0.6) is 5.75 Å². The molecule has 1 heterocycles. The number of carbonyl (C=O) groups excluding carboxylic acids is 1. The van der Waals surface area contributed by atoms with Crippen LogP contribution in [0.2, 0.25) is 0 Å². The van der Waals surface area contributed by atoms with Crippen LogP contribution < -0.4 is 10.1 Å². The molecule has 5 nitrogen and oxygen atoms in total. The van der Waals surface area contributed by atoms with E-state index in [2.05, 4.69) is 5.32 Å². The highest BCUT2D eigenvalue weighted by molar-refractivity contribution is 5.84. The Morgan fingerprint density at radius 3 is 2.86 bits per heavy atom. The molecule has 1 fully saturated rings. The van der Waals surface area contributed by atoms with Crippen molar-refractivity contribution < 1.29 is 19.4 Å². The minimum Gasteiger partial charge on any atom is -0.484 e. The average Bonchev–Trinajstić information content (AvgIpc) is 2.98. The zero-order valence-corrected chi connectivity index (χ0v) is 12.2. The summed E-state index contributed by atoms with van der Waals surface area (Å²) in [7, 11) is 0. The van der Waals surface area contributed by atoms with E-state index >= 15 is 0 Å². The Bertz CT molecular complexity index is 665. The molecule has 2 aromatic carbocycles. The third-order valence-electron chi connectivity index (χ3n) is 3.79. The van der Waals surface area contributed by atoms with E-state index in [9.17, 15) is 9.90 Å². The normalized spacial score (nSPS) is 21.0. The molecule has 3 rings (SSSR count). The molecule has 22 heavy (non-hydrogen) atoms. The fourth-order valence-corrected chi connectivity index (χ4v) is 2.46. The molecule has 1 saturated heterocycles. The van der Waals surface area contributed by atoms with Crippen molar-refractivity contribution in [2.24, 2.45) is 0 Å². The highest BCUT2D eigenvalue weighted by atomic mass is 16.5. The third-order valence-corrected chi connectivity index (χ3v) is 3.79. The standard InChI is InChI=1S/C17H19NO4/c19-16(18-11-17(20)7-8-21-12-17)10-22-15-6-5-13-3-1-2-4-14(13)9-15/h1-6,9,20H,7-8,10-12H2,(H,18,19)/t17-/m0/s1. The van der Waals surface area contributed by atoms with Crippen LogP contribution in [0.4, 0.5) is 0 Å². The first-order valence-corrected chi connectivity index (χ1v) is 7.33. The number of hydrogen-bond donors (Lipinski definition) is 2. The van der Waals surface area contributed by atoms with Gasteiger partial charge in [-0.25, -0.2) is 0 Å². The molecule has 1 aliphatic rings. The average molecular weight is 301 g/mol. The van der Waals surface area contributed by atoms with Crippen LogP contribution >= 0.6 is 0 Å². The van der Waals surface area contributed by atoms with Gasteiger partial charge >= 0.3 is 0 Å². The van der Waals surface area contributed by atoms with Gasteiger partial charge in [0.05, 0.1) is 6.61 Å². The monoisotopic (exact) mass is 301 g/mol. The lowest BCUT2D eigenvalue weighted by molar-refractivity contribution is -0.124. The Labute approximate surface area is 128 Å². The molecule has 0 aliphatic carbocycles. The van der Waals surface area contributed by atoms with Gasteiger partial charge in [-0.05, 0) is 22.9 Å². The van der Waals surface area contributed by atoms with Crippen LogP contribution in [0.3, 0.4) is 0 Å².